The molecule has 4 nitrogen and oxygen atoms in total. The van der Waals surface area contributed by atoms with Crippen molar-refractivity contribution in [3.8, 4) is 5.75 Å². The first kappa shape index (κ1) is 18.6. The molecule has 0 fully saturated rings. The van der Waals surface area contributed by atoms with E-state index in [1.807, 2.05) is 25.1 Å². The van der Waals surface area contributed by atoms with Crippen molar-refractivity contribution in [2.75, 3.05) is 12.4 Å². The number of halogens is 2. The highest BCUT2D eigenvalue weighted by atomic mass is 35.5. The van der Waals surface area contributed by atoms with E-state index >= 15 is 0 Å². The normalized spacial score (nSPS) is 13.2. The van der Waals surface area contributed by atoms with Crippen LogP contribution in [0.4, 0.5) is 5.69 Å². The molecule has 128 valence electrons. The number of benzene rings is 2. The van der Waals surface area contributed by atoms with Crippen LogP contribution in [0, 0.1) is 0 Å². The molecule has 2 aromatic carbocycles. The van der Waals surface area contributed by atoms with E-state index in [1.165, 1.54) is 0 Å². The van der Waals surface area contributed by atoms with Crippen molar-refractivity contribution in [1.29, 1.82) is 0 Å². The molecule has 0 saturated carbocycles. The van der Waals surface area contributed by atoms with Crippen LogP contribution in [0.1, 0.15) is 25.5 Å². The Kier molecular flexibility index (Phi) is 6.49. The van der Waals surface area contributed by atoms with Crippen LogP contribution in [-0.4, -0.2) is 19.1 Å². The Morgan fingerprint density at radius 1 is 1.12 bits per heavy atom. The molecule has 0 aliphatic rings. The number of nitrogens with one attached hydrogen (secondary N) is 2. The van der Waals surface area contributed by atoms with E-state index in [0.29, 0.717) is 21.5 Å². The fraction of sp³-hybridized carbons (Fsp3) is 0.278. The molecule has 24 heavy (non-hydrogen) atoms. The van der Waals surface area contributed by atoms with Gasteiger partial charge in [-0.1, -0.05) is 41.4 Å². The predicted octanol–water partition coefficient (Wildman–Crippen LogP) is 4.68. The average molecular weight is 367 g/mol. The van der Waals surface area contributed by atoms with Gasteiger partial charge < -0.3 is 10.1 Å². The Morgan fingerprint density at radius 3 is 2.50 bits per heavy atom. The van der Waals surface area contributed by atoms with Gasteiger partial charge in [-0.3, -0.25) is 10.1 Å². The van der Waals surface area contributed by atoms with Gasteiger partial charge in [-0.2, -0.15) is 0 Å². The summed E-state index contributed by atoms with van der Waals surface area (Å²) < 4.78 is 5.24. The van der Waals surface area contributed by atoms with Gasteiger partial charge in [-0.15, -0.1) is 0 Å². The summed E-state index contributed by atoms with van der Waals surface area (Å²) in [5, 5.41) is 7.25. The largest absolute Gasteiger partial charge is 0.495 e. The first-order valence-corrected chi connectivity index (χ1v) is 8.33. The first-order valence-electron chi connectivity index (χ1n) is 7.57. The van der Waals surface area contributed by atoms with Crippen molar-refractivity contribution >= 4 is 34.8 Å². The van der Waals surface area contributed by atoms with Crippen LogP contribution < -0.4 is 15.4 Å². The highest BCUT2D eigenvalue weighted by Gasteiger charge is 2.19. The Balaban J connectivity index is 2.03. The van der Waals surface area contributed by atoms with E-state index in [2.05, 4.69) is 10.6 Å². The maximum absolute atomic E-state index is 12.4. The summed E-state index contributed by atoms with van der Waals surface area (Å²) in [5.41, 5.74) is 1.52. The first-order chi connectivity index (χ1) is 11.4. The van der Waals surface area contributed by atoms with E-state index in [1.54, 1.807) is 38.3 Å². The molecule has 2 aromatic rings. The molecule has 1 amide bonds. The SMILES string of the molecule is COc1ccccc1NC(=O)[C@@H](C)N[C@@H](C)c1ccc(Cl)cc1Cl. The monoisotopic (exact) mass is 366 g/mol. The number of rotatable bonds is 6. The maximum atomic E-state index is 12.4. The number of carbonyl (C=O) groups is 1. The number of carbonyl (C=O) groups excluding carboxylic acids is 1. The van der Waals surface area contributed by atoms with Gasteiger partial charge in [0, 0.05) is 16.1 Å². The van der Waals surface area contributed by atoms with Crippen LogP contribution in [0.3, 0.4) is 0 Å². The maximum Gasteiger partial charge on any atom is 0.241 e. The third kappa shape index (κ3) is 4.63. The average Bonchev–Trinajstić information content (AvgIpc) is 2.55. The lowest BCUT2D eigenvalue weighted by Crippen LogP contribution is -2.39. The van der Waals surface area contributed by atoms with Crippen molar-refractivity contribution in [1.82, 2.24) is 5.32 Å². The second-order valence-corrected chi connectivity index (χ2v) is 6.31. The second kappa shape index (κ2) is 8.38. The summed E-state index contributed by atoms with van der Waals surface area (Å²) in [7, 11) is 1.57. The van der Waals surface area contributed by atoms with Gasteiger partial charge in [0.15, 0.2) is 0 Å². The molecule has 0 unspecified atom stereocenters. The van der Waals surface area contributed by atoms with E-state index in [9.17, 15) is 4.79 Å². The third-order valence-electron chi connectivity index (χ3n) is 3.69. The number of methoxy groups -OCH3 is 1. The van der Waals surface area contributed by atoms with E-state index < -0.39 is 6.04 Å². The molecule has 0 aliphatic heterocycles. The van der Waals surface area contributed by atoms with E-state index in [-0.39, 0.29) is 11.9 Å². The number of ether oxygens (including phenoxy) is 1. The molecule has 0 radical (unpaired) electrons. The molecule has 6 heteroatoms. The number of para-hydroxylation sites is 2. The molecule has 0 aliphatic carbocycles. The molecule has 2 atom stereocenters. The lowest BCUT2D eigenvalue weighted by Gasteiger charge is -2.21. The molecule has 0 spiro atoms. The topological polar surface area (TPSA) is 50.4 Å². The Bertz CT molecular complexity index is 722. The summed E-state index contributed by atoms with van der Waals surface area (Å²) in [5.74, 6) is 0.461. The van der Waals surface area contributed by atoms with Crippen molar-refractivity contribution in [2.45, 2.75) is 25.9 Å². The zero-order chi connectivity index (χ0) is 17.7. The van der Waals surface area contributed by atoms with Crippen LogP contribution in [0.25, 0.3) is 0 Å². The lowest BCUT2D eigenvalue weighted by atomic mass is 10.1. The van der Waals surface area contributed by atoms with Gasteiger partial charge in [0.1, 0.15) is 5.75 Å². The summed E-state index contributed by atoms with van der Waals surface area (Å²) in [6.07, 6.45) is 0. The standard InChI is InChI=1S/C18H20Cl2N2O2/c1-11(14-9-8-13(19)10-15(14)20)21-12(2)18(23)22-16-6-4-5-7-17(16)24-3/h4-12,21H,1-3H3,(H,22,23)/t11-,12+/m0/s1. The number of anilines is 1. The predicted molar refractivity (Wildman–Crippen MR) is 99.1 cm³/mol. The molecule has 0 heterocycles. The van der Waals surface area contributed by atoms with Gasteiger partial charge >= 0.3 is 0 Å². The van der Waals surface area contributed by atoms with Crippen molar-refractivity contribution in [3.05, 3.63) is 58.1 Å². The fourth-order valence-corrected chi connectivity index (χ4v) is 2.95. The highest BCUT2D eigenvalue weighted by Crippen LogP contribution is 2.27. The zero-order valence-electron chi connectivity index (χ0n) is 13.8. The Labute approximate surface area is 152 Å². The van der Waals surface area contributed by atoms with Crippen molar-refractivity contribution in [3.63, 3.8) is 0 Å². The van der Waals surface area contributed by atoms with Gasteiger partial charge in [0.25, 0.3) is 0 Å². The third-order valence-corrected chi connectivity index (χ3v) is 4.25. The van der Waals surface area contributed by atoms with Crippen LogP contribution >= 0.6 is 23.2 Å². The molecule has 2 N–H and O–H groups in total. The number of hydrogen-bond acceptors (Lipinski definition) is 3. The summed E-state index contributed by atoms with van der Waals surface area (Å²) >= 11 is 12.1. The van der Waals surface area contributed by atoms with Crippen LogP contribution in [0.5, 0.6) is 5.75 Å². The van der Waals surface area contributed by atoms with Gasteiger partial charge in [0.05, 0.1) is 18.8 Å². The zero-order valence-corrected chi connectivity index (χ0v) is 15.3. The fourth-order valence-electron chi connectivity index (χ4n) is 2.38. The molecule has 0 bridgehead atoms. The lowest BCUT2D eigenvalue weighted by molar-refractivity contribution is -0.117. The minimum Gasteiger partial charge on any atom is -0.495 e. The minimum absolute atomic E-state index is 0.104. The quantitative estimate of drug-likeness (QED) is 0.780. The van der Waals surface area contributed by atoms with Gasteiger partial charge in [0.2, 0.25) is 5.91 Å². The summed E-state index contributed by atoms with van der Waals surface area (Å²) in [4.78, 5) is 12.4. The molecule has 2 rings (SSSR count). The Morgan fingerprint density at radius 2 is 1.83 bits per heavy atom. The number of hydrogen-bond donors (Lipinski definition) is 2. The van der Waals surface area contributed by atoms with Crippen molar-refractivity contribution < 1.29 is 9.53 Å². The number of amides is 1. The summed E-state index contributed by atoms with van der Waals surface area (Å²) in [6.45, 7) is 3.74. The van der Waals surface area contributed by atoms with Gasteiger partial charge in [-0.25, -0.2) is 0 Å². The molecular formula is C18H20Cl2N2O2. The van der Waals surface area contributed by atoms with E-state index in [4.69, 9.17) is 27.9 Å². The van der Waals surface area contributed by atoms with Crippen LogP contribution in [0.15, 0.2) is 42.5 Å². The van der Waals surface area contributed by atoms with Crippen LogP contribution in [0.2, 0.25) is 10.0 Å². The highest BCUT2D eigenvalue weighted by molar-refractivity contribution is 6.35. The molecular weight excluding hydrogens is 347 g/mol. The van der Waals surface area contributed by atoms with E-state index in [0.717, 1.165) is 5.56 Å². The van der Waals surface area contributed by atoms with Crippen LogP contribution in [-0.2, 0) is 4.79 Å². The Hall–Kier alpha value is -1.75. The molecule has 0 aromatic heterocycles. The molecule has 0 saturated heterocycles. The van der Waals surface area contributed by atoms with Gasteiger partial charge in [-0.05, 0) is 43.7 Å². The summed E-state index contributed by atoms with van der Waals surface area (Å²) in [6, 6.07) is 12.1. The van der Waals surface area contributed by atoms with Crippen molar-refractivity contribution in [2.24, 2.45) is 0 Å². The second-order valence-electron chi connectivity index (χ2n) is 5.47. The smallest absolute Gasteiger partial charge is 0.241 e. The minimum atomic E-state index is -0.420.